The summed E-state index contributed by atoms with van der Waals surface area (Å²) in [4.78, 5) is 26.0. The number of hydrogen-bond donors (Lipinski definition) is 3. The normalized spacial score (nSPS) is 10.7. The number of fused-ring (bicyclic) bond motifs is 1. The van der Waals surface area contributed by atoms with Gasteiger partial charge < -0.3 is 16.2 Å². The van der Waals surface area contributed by atoms with Crippen molar-refractivity contribution in [2.24, 2.45) is 0 Å². The number of ketones is 1. The molecule has 0 bridgehead atoms. The number of aryl methyl sites for hydroxylation is 1. The monoisotopic (exact) mass is 396 g/mol. The number of nitrogen functional groups attached to an aromatic ring is 1. The molecular formula is C25H20N2O3. The Morgan fingerprint density at radius 1 is 0.833 bits per heavy atom. The highest BCUT2D eigenvalue weighted by molar-refractivity contribution is 6.19. The Morgan fingerprint density at radius 2 is 1.50 bits per heavy atom. The number of anilines is 2. The van der Waals surface area contributed by atoms with Crippen LogP contribution < -0.4 is 11.1 Å². The highest BCUT2D eigenvalue weighted by Gasteiger charge is 2.21. The number of rotatable bonds is 4. The minimum absolute atomic E-state index is 0.0253. The number of carbonyl (C=O) groups excluding carboxylic acids is 2. The Kier molecular flexibility index (Phi) is 4.94. The van der Waals surface area contributed by atoms with Crippen molar-refractivity contribution in [2.75, 3.05) is 11.1 Å². The number of phenolic OH excluding ortho intramolecular Hbond substituents is 1. The molecule has 0 atom stereocenters. The lowest BCUT2D eigenvalue weighted by molar-refractivity contribution is 0.102. The molecule has 0 unspecified atom stereocenters. The summed E-state index contributed by atoms with van der Waals surface area (Å²) in [5.74, 6) is -1.20. The lowest BCUT2D eigenvalue weighted by atomic mass is 9.95. The third-order valence-electron chi connectivity index (χ3n) is 5.06. The van der Waals surface area contributed by atoms with Crippen molar-refractivity contribution in [3.63, 3.8) is 0 Å². The van der Waals surface area contributed by atoms with Crippen LogP contribution in [0.25, 0.3) is 10.8 Å². The van der Waals surface area contributed by atoms with Gasteiger partial charge >= 0.3 is 0 Å². The number of aromatic hydroxyl groups is 1. The minimum atomic E-state index is -0.507. The highest BCUT2D eigenvalue weighted by Crippen LogP contribution is 2.29. The molecule has 4 aromatic carbocycles. The van der Waals surface area contributed by atoms with Gasteiger partial charge in [-0.05, 0) is 53.6 Å². The quantitative estimate of drug-likeness (QED) is 0.337. The van der Waals surface area contributed by atoms with Crippen LogP contribution in [-0.2, 0) is 0 Å². The molecule has 4 N–H and O–H groups in total. The second-order valence-corrected chi connectivity index (χ2v) is 7.09. The van der Waals surface area contributed by atoms with Crippen LogP contribution in [0.3, 0.4) is 0 Å². The largest absolute Gasteiger partial charge is 0.506 e. The summed E-state index contributed by atoms with van der Waals surface area (Å²) in [7, 11) is 0. The highest BCUT2D eigenvalue weighted by atomic mass is 16.3. The van der Waals surface area contributed by atoms with E-state index in [0.717, 1.165) is 16.3 Å². The van der Waals surface area contributed by atoms with E-state index in [-0.39, 0.29) is 22.7 Å². The van der Waals surface area contributed by atoms with Gasteiger partial charge in [0.1, 0.15) is 5.75 Å². The molecule has 4 aromatic rings. The third kappa shape index (κ3) is 3.49. The molecule has 5 heteroatoms. The lowest BCUT2D eigenvalue weighted by Gasteiger charge is -2.12. The topological polar surface area (TPSA) is 92.4 Å². The van der Waals surface area contributed by atoms with Crippen LogP contribution in [0.4, 0.5) is 11.4 Å². The first-order valence-corrected chi connectivity index (χ1v) is 9.47. The molecule has 0 saturated heterocycles. The number of hydrogen-bond acceptors (Lipinski definition) is 4. The zero-order valence-electron chi connectivity index (χ0n) is 16.3. The molecule has 4 rings (SSSR count). The van der Waals surface area contributed by atoms with Crippen LogP contribution in [0, 0.1) is 6.92 Å². The molecule has 0 aliphatic rings. The molecule has 0 aliphatic heterocycles. The number of carbonyl (C=O) groups is 2. The second kappa shape index (κ2) is 7.72. The first-order chi connectivity index (χ1) is 14.5. The van der Waals surface area contributed by atoms with Crippen molar-refractivity contribution in [2.45, 2.75) is 6.92 Å². The fourth-order valence-corrected chi connectivity index (χ4v) is 3.50. The van der Waals surface area contributed by atoms with E-state index in [1.165, 1.54) is 12.1 Å². The molecule has 148 valence electrons. The molecule has 0 spiro atoms. The third-order valence-corrected chi connectivity index (χ3v) is 5.06. The average Bonchev–Trinajstić information content (AvgIpc) is 2.75. The maximum absolute atomic E-state index is 13.2. The van der Waals surface area contributed by atoms with E-state index in [0.29, 0.717) is 16.9 Å². The zero-order valence-corrected chi connectivity index (χ0v) is 16.3. The van der Waals surface area contributed by atoms with Crippen molar-refractivity contribution in [3.8, 4) is 5.75 Å². The van der Waals surface area contributed by atoms with Crippen molar-refractivity contribution in [3.05, 3.63) is 101 Å². The molecule has 0 radical (unpaired) electrons. The van der Waals surface area contributed by atoms with Crippen LogP contribution in [-0.4, -0.2) is 16.8 Å². The number of benzene rings is 4. The standard InChI is InChI=1S/C25H20N2O3/c1-15-14-17(26)12-13-22(15)27-25(30)21-11-5-10-20(24(21)29)23(28)19-9-4-7-16-6-2-3-8-18(16)19/h2-14,29H,26H2,1H3,(H,27,30). The zero-order chi connectivity index (χ0) is 21.3. The van der Waals surface area contributed by atoms with E-state index in [9.17, 15) is 14.7 Å². The summed E-state index contributed by atoms with van der Waals surface area (Å²) < 4.78 is 0. The maximum Gasteiger partial charge on any atom is 0.259 e. The molecular weight excluding hydrogens is 376 g/mol. The number of nitrogens with two attached hydrogens (primary N) is 1. The molecule has 0 fully saturated rings. The summed E-state index contributed by atoms with van der Waals surface area (Å²) in [6, 6.07) is 22.7. The van der Waals surface area contributed by atoms with Gasteiger partial charge in [-0.3, -0.25) is 9.59 Å². The minimum Gasteiger partial charge on any atom is -0.506 e. The SMILES string of the molecule is Cc1cc(N)ccc1NC(=O)c1cccc(C(=O)c2cccc3ccccc23)c1O. The Hall–Kier alpha value is -4.12. The molecule has 0 aliphatic carbocycles. The van der Waals surface area contributed by atoms with E-state index < -0.39 is 5.91 Å². The van der Waals surface area contributed by atoms with Crippen molar-refractivity contribution < 1.29 is 14.7 Å². The smallest absolute Gasteiger partial charge is 0.259 e. The van der Waals surface area contributed by atoms with Gasteiger partial charge in [0.2, 0.25) is 0 Å². The van der Waals surface area contributed by atoms with E-state index in [1.54, 1.807) is 36.4 Å². The van der Waals surface area contributed by atoms with E-state index >= 15 is 0 Å². The van der Waals surface area contributed by atoms with Gasteiger partial charge in [-0.1, -0.05) is 48.5 Å². The predicted molar refractivity (Wildman–Crippen MR) is 119 cm³/mol. The Labute approximate surface area is 173 Å². The Morgan fingerprint density at radius 3 is 2.30 bits per heavy atom. The van der Waals surface area contributed by atoms with E-state index in [4.69, 9.17) is 5.73 Å². The predicted octanol–water partition coefficient (Wildman–Crippen LogP) is 4.92. The molecule has 5 nitrogen and oxygen atoms in total. The van der Waals surface area contributed by atoms with Crippen molar-refractivity contribution in [1.29, 1.82) is 0 Å². The summed E-state index contributed by atoms with van der Waals surface area (Å²) in [5.41, 5.74) is 8.29. The fourth-order valence-electron chi connectivity index (χ4n) is 3.50. The summed E-state index contributed by atoms with van der Waals surface area (Å²) in [6.07, 6.45) is 0. The van der Waals surface area contributed by atoms with Crippen molar-refractivity contribution in [1.82, 2.24) is 0 Å². The fraction of sp³-hybridized carbons (Fsp3) is 0.0400. The van der Waals surface area contributed by atoms with Crippen LogP contribution in [0.1, 0.15) is 31.8 Å². The molecule has 0 aromatic heterocycles. The molecule has 30 heavy (non-hydrogen) atoms. The van der Waals surface area contributed by atoms with Gasteiger partial charge in [-0.15, -0.1) is 0 Å². The van der Waals surface area contributed by atoms with Gasteiger partial charge in [0.05, 0.1) is 11.1 Å². The van der Waals surface area contributed by atoms with Crippen LogP contribution >= 0.6 is 0 Å². The van der Waals surface area contributed by atoms with Gasteiger partial charge in [0.15, 0.2) is 5.78 Å². The number of para-hydroxylation sites is 1. The van der Waals surface area contributed by atoms with Crippen molar-refractivity contribution >= 4 is 33.8 Å². The summed E-state index contributed by atoms with van der Waals surface area (Å²) in [5, 5.41) is 15.2. The first-order valence-electron chi connectivity index (χ1n) is 9.47. The second-order valence-electron chi connectivity index (χ2n) is 7.09. The van der Waals surface area contributed by atoms with Gasteiger partial charge in [-0.2, -0.15) is 0 Å². The average molecular weight is 396 g/mol. The van der Waals surface area contributed by atoms with Gasteiger partial charge in [-0.25, -0.2) is 0 Å². The molecule has 1 amide bonds. The van der Waals surface area contributed by atoms with E-state index in [1.807, 2.05) is 37.3 Å². The Bertz CT molecular complexity index is 1290. The number of phenols is 1. The van der Waals surface area contributed by atoms with Crippen LogP contribution in [0.2, 0.25) is 0 Å². The number of amides is 1. The number of nitrogens with one attached hydrogen (secondary N) is 1. The molecule has 0 heterocycles. The molecule has 0 saturated carbocycles. The van der Waals surface area contributed by atoms with Crippen LogP contribution in [0.15, 0.2) is 78.9 Å². The summed E-state index contributed by atoms with van der Waals surface area (Å²) in [6.45, 7) is 1.83. The van der Waals surface area contributed by atoms with E-state index in [2.05, 4.69) is 5.32 Å². The maximum atomic E-state index is 13.2. The summed E-state index contributed by atoms with van der Waals surface area (Å²) >= 11 is 0. The lowest BCUT2D eigenvalue weighted by Crippen LogP contribution is -2.14. The first kappa shape index (κ1) is 19.2. The van der Waals surface area contributed by atoms with Gasteiger partial charge in [0.25, 0.3) is 5.91 Å². The Balaban J connectivity index is 1.70. The van der Waals surface area contributed by atoms with Crippen LogP contribution in [0.5, 0.6) is 5.75 Å². The van der Waals surface area contributed by atoms with Gasteiger partial charge in [0, 0.05) is 16.9 Å².